The van der Waals surface area contributed by atoms with Gasteiger partial charge in [-0.25, -0.2) is 0 Å². The van der Waals surface area contributed by atoms with E-state index in [1.165, 1.54) is 0 Å². The highest BCUT2D eigenvalue weighted by Crippen LogP contribution is 2.39. The third kappa shape index (κ3) is 2.33. The van der Waals surface area contributed by atoms with Crippen molar-refractivity contribution in [2.45, 2.75) is 25.2 Å². The zero-order valence-corrected chi connectivity index (χ0v) is 12.1. The first kappa shape index (κ1) is 13.8. The van der Waals surface area contributed by atoms with Gasteiger partial charge < -0.3 is 9.88 Å². The number of rotatable bonds is 3. The van der Waals surface area contributed by atoms with Gasteiger partial charge in [-0.15, -0.1) is 0 Å². The number of piperidine rings is 1. The van der Waals surface area contributed by atoms with Gasteiger partial charge in [0.1, 0.15) is 0 Å². The molecule has 5 nitrogen and oxygen atoms in total. The minimum absolute atomic E-state index is 0.0987. The summed E-state index contributed by atoms with van der Waals surface area (Å²) in [6, 6.07) is 8.11. The maximum Gasteiger partial charge on any atom is 0.219 e. The summed E-state index contributed by atoms with van der Waals surface area (Å²) in [4.78, 5) is 27.6. The van der Waals surface area contributed by atoms with E-state index in [1.807, 2.05) is 29.3 Å². The van der Waals surface area contributed by atoms with E-state index in [0.29, 0.717) is 13.1 Å². The van der Waals surface area contributed by atoms with Crippen LogP contribution in [0.3, 0.4) is 0 Å². The second-order valence-corrected chi connectivity index (χ2v) is 5.82. The molecule has 1 fully saturated rings. The van der Waals surface area contributed by atoms with Crippen LogP contribution in [-0.2, 0) is 10.2 Å². The van der Waals surface area contributed by atoms with Gasteiger partial charge in [-0.1, -0.05) is 23.4 Å². The predicted octanol–water partition coefficient (Wildman–Crippen LogP) is 2.81. The SMILES string of the molecule is CC(=O)N1CCC(CN=O)(c2c[nH]c3ccccc23)CC1. The number of para-hydroxylation sites is 1. The Labute approximate surface area is 123 Å². The maximum absolute atomic E-state index is 11.5. The van der Waals surface area contributed by atoms with Crippen molar-refractivity contribution in [2.75, 3.05) is 19.6 Å². The zero-order chi connectivity index (χ0) is 14.9. The molecule has 1 amide bonds. The average Bonchev–Trinajstić information content (AvgIpc) is 2.92. The lowest BCUT2D eigenvalue weighted by Gasteiger charge is -2.40. The van der Waals surface area contributed by atoms with E-state index in [9.17, 15) is 9.70 Å². The van der Waals surface area contributed by atoms with E-state index in [0.717, 1.165) is 29.3 Å². The van der Waals surface area contributed by atoms with Crippen LogP contribution < -0.4 is 0 Å². The minimum Gasteiger partial charge on any atom is -0.361 e. The van der Waals surface area contributed by atoms with Crippen molar-refractivity contribution in [1.82, 2.24) is 9.88 Å². The quantitative estimate of drug-likeness (QED) is 0.881. The van der Waals surface area contributed by atoms with E-state index in [4.69, 9.17) is 0 Å². The van der Waals surface area contributed by atoms with Gasteiger partial charge in [0, 0.05) is 42.5 Å². The predicted molar refractivity (Wildman–Crippen MR) is 82.1 cm³/mol. The summed E-state index contributed by atoms with van der Waals surface area (Å²) < 4.78 is 0. The Bertz CT molecular complexity index is 669. The van der Waals surface area contributed by atoms with Gasteiger partial charge in [-0.2, -0.15) is 4.91 Å². The van der Waals surface area contributed by atoms with Crippen LogP contribution in [0.25, 0.3) is 10.9 Å². The number of hydrogen-bond acceptors (Lipinski definition) is 3. The molecular weight excluding hydrogens is 266 g/mol. The van der Waals surface area contributed by atoms with Gasteiger partial charge in [-0.3, -0.25) is 4.79 Å². The first-order valence-corrected chi connectivity index (χ1v) is 7.27. The smallest absolute Gasteiger partial charge is 0.219 e. The van der Waals surface area contributed by atoms with Crippen LogP contribution in [0.2, 0.25) is 0 Å². The molecule has 110 valence electrons. The van der Waals surface area contributed by atoms with Crippen LogP contribution in [0.1, 0.15) is 25.3 Å². The molecule has 0 saturated carbocycles. The number of nitrogens with one attached hydrogen (secondary N) is 1. The highest BCUT2D eigenvalue weighted by Gasteiger charge is 2.38. The number of amides is 1. The molecule has 0 unspecified atom stereocenters. The zero-order valence-electron chi connectivity index (χ0n) is 12.1. The van der Waals surface area contributed by atoms with E-state index in [1.54, 1.807) is 6.92 Å². The number of carbonyl (C=O) groups excluding carboxylic acids is 1. The Morgan fingerprint density at radius 2 is 2.05 bits per heavy atom. The molecule has 5 heteroatoms. The molecule has 21 heavy (non-hydrogen) atoms. The number of nitrogens with zero attached hydrogens (tertiary/aromatic N) is 2. The molecule has 0 bridgehead atoms. The Morgan fingerprint density at radius 3 is 2.71 bits per heavy atom. The largest absolute Gasteiger partial charge is 0.361 e. The summed E-state index contributed by atoms with van der Waals surface area (Å²) in [5, 5.41) is 4.35. The number of H-pyrrole nitrogens is 1. The van der Waals surface area contributed by atoms with E-state index >= 15 is 0 Å². The number of hydrogen-bond donors (Lipinski definition) is 1. The molecule has 2 aromatic rings. The van der Waals surface area contributed by atoms with Crippen LogP contribution in [0.15, 0.2) is 35.6 Å². The summed E-state index contributed by atoms with van der Waals surface area (Å²) >= 11 is 0. The molecule has 0 radical (unpaired) electrons. The van der Waals surface area contributed by atoms with Crippen LogP contribution in [0.5, 0.6) is 0 Å². The lowest BCUT2D eigenvalue weighted by molar-refractivity contribution is -0.130. The van der Waals surface area contributed by atoms with Crippen molar-refractivity contribution in [3.05, 3.63) is 40.9 Å². The molecule has 3 rings (SSSR count). The van der Waals surface area contributed by atoms with Gasteiger partial charge in [0.2, 0.25) is 5.91 Å². The van der Waals surface area contributed by atoms with E-state index < -0.39 is 0 Å². The number of fused-ring (bicyclic) bond motifs is 1. The number of nitroso groups, excluding NO2 is 1. The van der Waals surface area contributed by atoms with Crippen molar-refractivity contribution in [3.8, 4) is 0 Å². The maximum atomic E-state index is 11.5. The summed E-state index contributed by atoms with van der Waals surface area (Å²) in [5.41, 5.74) is 1.97. The number of benzene rings is 1. The number of likely N-dealkylation sites (tertiary alicyclic amines) is 1. The Kier molecular flexibility index (Phi) is 3.49. The number of aromatic amines is 1. The fraction of sp³-hybridized carbons (Fsp3) is 0.438. The second kappa shape index (κ2) is 5.31. The van der Waals surface area contributed by atoms with Crippen molar-refractivity contribution < 1.29 is 4.79 Å². The molecule has 1 aromatic carbocycles. The highest BCUT2D eigenvalue weighted by molar-refractivity contribution is 5.84. The van der Waals surface area contributed by atoms with E-state index in [-0.39, 0.29) is 17.9 Å². The molecular formula is C16H19N3O2. The third-order valence-corrected chi connectivity index (χ3v) is 4.69. The fourth-order valence-corrected chi connectivity index (χ4v) is 3.40. The first-order valence-electron chi connectivity index (χ1n) is 7.27. The van der Waals surface area contributed by atoms with Crippen LogP contribution in [-0.4, -0.2) is 35.4 Å². The lowest BCUT2D eigenvalue weighted by Crippen LogP contribution is -2.45. The molecule has 0 spiro atoms. The highest BCUT2D eigenvalue weighted by atomic mass is 16.3. The normalized spacial score (nSPS) is 17.9. The van der Waals surface area contributed by atoms with Crippen LogP contribution >= 0.6 is 0 Å². The Balaban J connectivity index is 1.98. The van der Waals surface area contributed by atoms with Gasteiger partial charge in [0.25, 0.3) is 0 Å². The second-order valence-electron chi connectivity index (χ2n) is 5.82. The number of carbonyl (C=O) groups is 1. The average molecular weight is 285 g/mol. The molecule has 1 aromatic heterocycles. The molecule has 1 N–H and O–H groups in total. The molecule has 1 aliphatic rings. The van der Waals surface area contributed by atoms with Crippen LogP contribution in [0, 0.1) is 4.91 Å². The topological polar surface area (TPSA) is 65.5 Å². The van der Waals surface area contributed by atoms with Crippen molar-refractivity contribution in [3.63, 3.8) is 0 Å². The van der Waals surface area contributed by atoms with Crippen molar-refractivity contribution in [2.24, 2.45) is 5.18 Å². The molecule has 1 saturated heterocycles. The fourth-order valence-electron chi connectivity index (χ4n) is 3.40. The van der Waals surface area contributed by atoms with E-state index in [2.05, 4.69) is 16.2 Å². The first-order chi connectivity index (χ1) is 10.2. The van der Waals surface area contributed by atoms with Gasteiger partial charge in [0.05, 0.1) is 6.54 Å². The molecule has 2 heterocycles. The van der Waals surface area contributed by atoms with Gasteiger partial charge in [0.15, 0.2) is 0 Å². The Hall–Kier alpha value is -2.17. The van der Waals surface area contributed by atoms with Crippen LogP contribution in [0.4, 0.5) is 0 Å². The van der Waals surface area contributed by atoms with Gasteiger partial charge in [-0.05, 0) is 24.5 Å². The number of aromatic nitrogens is 1. The molecule has 0 aliphatic carbocycles. The summed E-state index contributed by atoms with van der Waals surface area (Å²) in [7, 11) is 0. The summed E-state index contributed by atoms with van der Waals surface area (Å²) in [6.07, 6.45) is 3.56. The van der Waals surface area contributed by atoms with Gasteiger partial charge >= 0.3 is 0 Å². The van der Waals surface area contributed by atoms with Crippen molar-refractivity contribution >= 4 is 16.8 Å². The van der Waals surface area contributed by atoms with Crippen molar-refractivity contribution in [1.29, 1.82) is 0 Å². The standard InChI is InChI=1S/C16H19N3O2/c1-12(20)19-8-6-16(7-9-19,11-18-21)14-10-17-15-5-3-2-4-13(14)15/h2-5,10,17H,6-9,11H2,1H3. The monoisotopic (exact) mass is 285 g/mol. The summed E-state index contributed by atoms with van der Waals surface area (Å²) in [6.45, 7) is 3.23. The molecule has 0 atom stereocenters. The minimum atomic E-state index is -0.257. The summed E-state index contributed by atoms with van der Waals surface area (Å²) in [5.74, 6) is 0.0987. The molecule has 1 aliphatic heterocycles. The Morgan fingerprint density at radius 1 is 1.33 bits per heavy atom. The third-order valence-electron chi connectivity index (χ3n) is 4.69. The lowest BCUT2D eigenvalue weighted by atomic mass is 9.72.